The van der Waals surface area contributed by atoms with Gasteiger partial charge < -0.3 is 5.32 Å². The standard InChI is InChI=1S/C15H19BrN2/c1-4-10(2)14(17-3)15-12(16)9-11-7-5-6-8-13(11)18-15/h5-10,14,17H,4H2,1-3H3. The molecule has 0 fully saturated rings. The van der Waals surface area contributed by atoms with Gasteiger partial charge in [0, 0.05) is 9.86 Å². The van der Waals surface area contributed by atoms with E-state index in [9.17, 15) is 0 Å². The van der Waals surface area contributed by atoms with Crippen molar-refractivity contribution in [3.8, 4) is 0 Å². The minimum Gasteiger partial charge on any atom is -0.311 e. The van der Waals surface area contributed by atoms with Crippen molar-refractivity contribution in [3.63, 3.8) is 0 Å². The highest BCUT2D eigenvalue weighted by atomic mass is 79.9. The zero-order chi connectivity index (χ0) is 13.1. The number of aromatic nitrogens is 1. The number of hydrogen-bond donors (Lipinski definition) is 1. The summed E-state index contributed by atoms with van der Waals surface area (Å²) in [6.07, 6.45) is 1.13. The summed E-state index contributed by atoms with van der Waals surface area (Å²) in [5.74, 6) is 0.556. The van der Waals surface area contributed by atoms with E-state index in [0.717, 1.165) is 22.1 Å². The van der Waals surface area contributed by atoms with Gasteiger partial charge >= 0.3 is 0 Å². The minimum absolute atomic E-state index is 0.286. The lowest BCUT2D eigenvalue weighted by Crippen LogP contribution is -2.24. The number of nitrogens with zero attached hydrogens (tertiary/aromatic N) is 1. The summed E-state index contributed by atoms with van der Waals surface area (Å²) in [7, 11) is 2.00. The van der Waals surface area contributed by atoms with E-state index in [1.807, 2.05) is 19.2 Å². The second kappa shape index (κ2) is 5.81. The fourth-order valence-corrected chi connectivity index (χ4v) is 2.83. The first-order valence-electron chi connectivity index (χ1n) is 6.39. The molecule has 2 rings (SSSR count). The first-order chi connectivity index (χ1) is 8.67. The topological polar surface area (TPSA) is 24.9 Å². The van der Waals surface area contributed by atoms with Gasteiger partial charge in [0.15, 0.2) is 0 Å². The Morgan fingerprint density at radius 3 is 2.72 bits per heavy atom. The summed E-state index contributed by atoms with van der Waals surface area (Å²) in [5, 5.41) is 4.56. The molecule has 2 unspecified atom stereocenters. The minimum atomic E-state index is 0.286. The van der Waals surface area contributed by atoms with Crippen LogP contribution in [0.1, 0.15) is 32.0 Å². The fraction of sp³-hybridized carbons (Fsp3) is 0.400. The molecule has 0 aliphatic rings. The van der Waals surface area contributed by atoms with Crippen LogP contribution in [0.5, 0.6) is 0 Å². The average molecular weight is 307 g/mol. The van der Waals surface area contributed by atoms with E-state index >= 15 is 0 Å². The smallest absolute Gasteiger partial charge is 0.0725 e. The Labute approximate surface area is 117 Å². The molecule has 1 aromatic heterocycles. The Morgan fingerprint density at radius 1 is 1.33 bits per heavy atom. The Kier molecular flexibility index (Phi) is 4.36. The zero-order valence-corrected chi connectivity index (χ0v) is 12.7. The summed E-state index contributed by atoms with van der Waals surface area (Å²) in [6.45, 7) is 4.47. The fourth-order valence-electron chi connectivity index (χ4n) is 2.25. The number of fused-ring (bicyclic) bond motifs is 1. The van der Waals surface area contributed by atoms with Crippen LogP contribution in [0, 0.1) is 5.92 Å². The third-order valence-corrected chi connectivity index (χ3v) is 4.16. The van der Waals surface area contributed by atoms with Crippen molar-refractivity contribution in [1.29, 1.82) is 0 Å². The Hall–Kier alpha value is -0.930. The number of nitrogens with one attached hydrogen (secondary N) is 1. The van der Waals surface area contributed by atoms with Gasteiger partial charge in [-0.25, -0.2) is 4.98 Å². The van der Waals surface area contributed by atoms with Crippen molar-refractivity contribution in [2.24, 2.45) is 5.92 Å². The molecule has 96 valence electrons. The molecule has 2 nitrogen and oxygen atoms in total. The molecule has 0 aliphatic heterocycles. The number of para-hydroxylation sites is 1. The molecule has 2 aromatic rings. The molecule has 1 N–H and O–H groups in total. The van der Waals surface area contributed by atoms with E-state index in [4.69, 9.17) is 4.98 Å². The maximum Gasteiger partial charge on any atom is 0.0725 e. The van der Waals surface area contributed by atoms with Crippen LogP contribution in [-0.4, -0.2) is 12.0 Å². The van der Waals surface area contributed by atoms with Gasteiger partial charge in [-0.15, -0.1) is 0 Å². The first kappa shape index (κ1) is 13.5. The molecule has 0 radical (unpaired) electrons. The number of benzene rings is 1. The van der Waals surface area contributed by atoms with E-state index < -0.39 is 0 Å². The molecule has 0 spiro atoms. The average Bonchev–Trinajstić information content (AvgIpc) is 2.39. The molecule has 2 atom stereocenters. The molecular formula is C15H19BrN2. The highest BCUT2D eigenvalue weighted by Gasteiger charge is 2.20. The van der Waals surface area contributed by atoms with Gasteiger partial charge in [-0.05, 0) is 41.0 Å². The van der Waals surface area contributed by atoms with Gasteiger partial charge in [-0.3, -0.25) is 0 Å². The molecule has 3 heteroatoms. The van der Waals surface area contributed by atoms with Gasteiger partial charge in [0.2, 0.25) is 0 Å². The lowest BCUT2D eigenvalue weighted by molar-refractivity contribution is 0.392. The van der Waals surface area contributed by atoms with E-state index in [1.165, 1.54) is 5.39 Å². The molecule has 0 bridgehead atoms. The number of halogens is 1. The SMILES string of the molecule is CCC(C)C(NC)c1nc2ccccc2cc1Br. The van der Waals surface area contributed by atoms with Crippen LogP contribution in [0.4, 0.5) is 0 Å². The largest absolute Gasteiger partial charge is 0.311 e. The Bertz CT molecular complexity index is 539. The van der Waals surface area contributed by atoms with Gasteiger partial charge in [-0.1, -0.05) is 38.5 Å². The highest BCUT2D eigenvalue weighted by Crippen LogP contribution is 2.30. The van der Waals surface area contributed by atoms with Gasteiger partial charge in [0.05, 0.1) is 17.3 Å². The molecule has 0 saturated heterocycles. The molecule has 1 aromatic carbocycles. The van der Waals surface area contributed by atoms with Crippen molar-refractivity contribution < 1.29 is 0 Å². The van der Waals surface area contributed by atoms with Crippen LogP contribution in [-0.2, 0) is 0 Å². The van der Waals surface area contributed by atoms with E-state index in [-0.39, 0.29) is 6.04 Å². The van der Waals surface area contributed by atoms with Crippen LogP contribution < -0.4 is 5.32 Å². The van der Waals surface area contributed by atoms with E-state index in [1.54, 1.807) is 0 Å². The third kappa shape index (κ3) is 2.57. The van der Waals surface area contributed by atoms with Crippen LogP contribution in [0.3, 0.4) is 0 Å². The number of pyridine rings is 1. The normalized spacial score (nSPS) is 14.7. The Balaban J connectivity index is 2.52. The molecule has 0 amide bonds. The lowest BCUT2D eigenvalue weighted by Gasteiger charge is -2.23. The van der Waals surface area contributed by atoms with E-state index in [0.29, 0.717) is 5.92 Å². The third-order valence-electron chi connectivity index (χ3n) is 3.52. The quantitative estimate of drug-likeness (QED) is 0.910. The molecule has 0 aliphatic carbocycles. The predicted molar refractivity (Wildman–Crippen MR) is 80.7 cm³/mol. The van der Waals surface area contributed by atoms with Crippen LogP contribution in [0.25, 0.3) is 10.9 Å². The van der Waals surface area contributed by atoms with Crippen molar-refractivity contribution in [2.75, 3.05) is 7.05 Å². The molecular weight excluding hydrogens is 288 g/mol. The summed E-state index contributed by atoms with van der Waals surface area (Å²) in [4.78, 5) is 4.81. The molecule has 0 saturated carbocycles. The molecule has 18 heavy (non-hydrogen) atoms. The van der Waals surface area contributed by atoms with Crippen molar-refractivity contribution in [3.05, 3.63) is 40.5 Å². The van der Waals surface area contributed by atoms with E-state index in [2.05, 4.69) is 53.3 Å². The van der Waals surface area contributed by atoms with Gasteiger partial charge in [0.1, 0.15) is 0 Å². The van der Waals surface area contributed by atoms with Crippen LogP contribution in [0.15, 0.2) is 34.8 Å². The maximum atomic E-state index is 4.81. The lowest BCUT2D eigenvalue weighted by atomic mass is 9.95. The van der Waals surface area contributed by atoms with Crippen LogP contribution in [0.2, 0.25) is 0 Å². The summed E-state index contributed by atoms with van der Waals surface area (Å²) >= 11 is 3.65. The monoisotopic (exact) mass is 306 g/mol. The zero-order valence-electron chi connectivity index (χ0n) is 11.1. The number of rotatable bonds is 4. The van der Waals surface area contributed by atoms with Crippen molar-refractivity contribution in [1.82, 2.24) is 10.3 Å². The number of hydrogen-bond acceptors (Lipinski definition) is 2. The Morgan fingerprint density at radius 2 is 2.06 bits per heavy atom. The summed E-state index contributed by atoms with van der Waals surface area (Å²) in [5.41, 5.74) is 2.16. The van der Waals surface area contributed by atoms with Crippen molar-refractivity contribution in [2.45, 2.75) is 26.3 Å². The van der Waals surface area contributed by atoms with Gasteiger partial charge in [-0.2, -0.15) is 0 Å². The highest BCUT2D eigenvalue weighted by molar-refractivity contribution is 9.10. The first-order valence-corrected chi connectivity index (χ1v) is 7.19. The summed E-state index contributed by atoms with van der Waals surface area (Å²) < 4.78 is 1.08. The second-order valence-electron chi connectivity index (χ2n) is 4.70. The van der Waals surface area contributed by atoms with Gasteiger partial charge in [0.25, 0.3) is 0 Å². The van der Waals surface area contributed by atoms with Crippen LogP contribution >= 0.6 is 15.9 Å². The second-order valence-corrected chi connectivity index (χ2v) is 5.55. The maximum absolute atomic E-state index is 4.81. The van der Waals surface area contributed by atoms with Crippen molar-refractivity contribution >= 4 is 26.8 Å². The molecule has 1 heterocycles. The predicted octanol–water partition coefficient (Wildman–Crippen LogP) is 4.30. The summed E-state index contributed by atoms with van der Waals surface area (Å²) in [6, 6.07) is 10.7.